The van der Waals surface area contributed by atoms with Crippen LogP contribution < -0.4 is 10.6 Å². The first-order chi connectivity index (χ1) is 13.5. The molecule has 1 unspecified atom stereocenters. The van der Waals surface area contributed by atoms with Crippen molar-refractivity contribution in [3.05, 3.63) is 17.0 Å². The van der Waals surface area contributed by atoms with Gasteiger partial charge < -0.3 is 15.2 Å². The molecule has 0 spiro atoms. The number of rotatable bonds is 6. The molecule has 0 amide bonds. The van der Waals surface area contributed by atoms with Gasteiger partial charge in [0.05, 0.1) is 5.69 Å². The third-order valence-corrected chi connectivity index (χ3v) is 6.51. The monoisotopic (exact) mass is 567 g/mol. The van der Waals surface area contributed by atoms with Crippen molar-refractivity contribution in [2.24, 2.45) is 4.99 Å². The number of nitrogens with one attached hydrogen (secondary N) is 2. The Morgan fingerprint density at radius 1 is 1.33 bits per heavy atom. The standard InChI is InChI=1S/C17H28F3N5O3S.HI/c1-5-21-16(22-10-11(2)15-12(3)24-28-13(15)4)23-14-6-8-25(9-7-14)29(26,27)17(18,19)20;/h11,14H,5-10H2,1-4H3,(H2,21,22,23);1H. The lowest BCUT2D eigenvalue weighted by atomic mass is 10.00. The van der Waals surface area contributed by atoms with Gasteiger partial charge in [0.2, 0.25) is 0 Å². The largest absolute Gasteiger partial charge is 0.511 e. The fourth-order valence-electron chi connectivity index (χ4n) is 3.41. The molecule has 30 heavy (non-hydrogen) atoms. The van der Waals surface area contributed by atoms with E-state index in [2.05, 4.69) is 20.8 Å². The number of aryl methyl sites for hydroxylation is 2. The molecule has 1 aliphatic heterocycles. The third-order valence-electron chi connectivity index (χ3n) is 4.88. The van der Waals surface area contributed by atoms with E-state index < -0.39 is 15.5 Å². The lowest BCUT2D eigenvalue weighted by Crippen LogP contribution is -2.51. The summed E-state index contributed by atoms with van der Waals surface area (Å²) in [6.07, 6.45) is 0.526. The van der Waals surface area contributed by atoms with Gasteiger partial charge >= 0.3 is 15.5 Å². The minimum absolute atomic E-state index is 0. The van der Waals surface area contributed by atoms with Gasteiger partial charge in [0.1, 0.15) is 5.76 Å². The van der Waals surface area contributed by atoms with Gasteiger partial charge in [-0.1, -0.05) is 12.1 Å². The quantitative estimate of drug-likeness (QED) is 0.312. The van der Waals surface area contributed by atoms with E-state index in [4.69, 9.17) is 4.52 Å². The van der Waals surface area contributed by atoms with Crippen LogP contribution in [0.5, 0.6) is 0 Å². The zero-order valence-corrected chi connectivity index (χ0v) is 20.6. The van der Waals surface area contributed by atoms with Gasteiger partial charge in [0.25, 0.3) is 0 Å². The first-order valence-corrected chi connectivity index (χ1v) is 10.9. The number of piperidine rings is 1. The molecule has 0 aliphatic carbocycles. The van der Waals surface area contributed by atoms with Gasteiger partial charge in [-0.25, -0.2) is 8.42 Å². The molecule has 1 aliphatic rings. The Bertz CT molecular complexity index is 802. The van der Waals surface area contributed by atoms with Crippen LogP contribution in [-0.4, -0.2) is 61.6 Å². The molecular weight excluding hydrogens is 538 g/mol. The average molecular weight is 567 g/mol. The number of hydrogen-bond acceptors (Lipinski definition) is 5. The molecule has 2 heterocycles. The van der Waals surface area contributed by atoms with Crippen LogP contribution in [0.15, 0.2) is 9.52 Å². The van der Waals surface area contributed by atoms with E-state index in [1.807, 2.05) is 27.7 Å². The summed E-state index contributed by atoms with van der Waals surface area (Å²) in [5.74, 6) is 1.38. The Morgan fingerprint density at radius 2 is 1.93 bits per heavy atom. The van der Waals surface area contributed by atoms with E-state index in [1.54, 1.807) is 0 Å². The molecule has 1 aromatic heterocycles. The summed E-state index contributed by atoms with van der Waals surface area (Å²) in [7, 11) is -5.27. The fourth-order valence-corrected chi connectivity index (χ4v) is 4.40. The van der Waals surface area contributed by atoms with Crippen molar-refractivity contribution < 1.29 is 26.1 Å². The normalized spacial score (nSPS) is 18.0. The lowest BCUT2D eigenvalue weighted by molar-refractivity contribution is -0.0494. The fraction of sp³-hybridized carbons (Fsp3) is 0.765. The van der Waals surface area contributed by atoms with Crippen LogP contribution in [0, 0.1) is 13.8 Å². The number of aromatic nitrogens is 1. The number of nitrogens with zero attached hydrogens (tertiary/aromatic N) is 3. The molecule has 13 heteroatoms. The molecule has 8 nitrogen and oxygen atoms in total. The minimum Gasteiger partial charge on any atom is -0.361 e. The maximum Gasteiger partial charge on any atom is 0.511 e. The molecule has 1 aromatic rings. The summed E-state index contributed by atoms with van der Waals surface area (Å²) in [6.45, 7) is 8.36. The van der Waals surface area contributed by atoms with Crippen molar-refractivity contribution in [2.75, 3.05) is 26.2 Å². The highest BCUT2D eigenvalue weighted by Crippen LogP contribution is 2.29. The summed E-state index contributed by atoms with van der Waals surface area (Å²) >= 11 is 0. The molecule has 1 saturated heterocycles. The lowest BCUT2D eigenvalue weighted by Gasteiger charge is -2.32. The Hall–Kier alpha value is -1.09. The van der Waals surface area contributed by atoms with Crippen molar-refractivity contribution in [1.82, 2.24) is 20.1 Å². The minimum atomic E-state index is -5.27. The second-order valence-electron chi connectivity index (χ2n) is 7.13. The topological polar surface area (TPSA) is 99.8 Å². The van der Waals surface area contributed by atoms with Gasteiger partial charge in [-0.05, 0) is 33.6 Å². The molecule has 0 saturated carbocycles. The Morgan fingerprint density at radius 3 is 2.40 bits per heavy atom. The van der Waals surface area contributed by atoms with Crippen molar-refractivity contribution in [3.8, 4) is 0 Å². The van der Waals surface area contributed by atoms with Gasteiger partial charge in [-0.3, -0.25) is 4.99 Å². The van der Waals surface area contributed by atoms with E-state index in [1.165, 1.54) is 0 Å². The van der Waals surface area contributed by atoms with Crippen LogP contribution in [0.4, 0.5) is 13.2 Å². The van der Waals surface area contributed by atoms with Crippen molar-refractivity contribution >= 4 is 40.0 Å². The van der Waals surface area contributed by atoms with Crippen LogP contribution in [0.3, 0.4) is 0 Å². The summed E-state index contributed by atoms with van der Waals surface area (Å²) < 4.78 is 66.8. The van der Waals surface area contributed by atoms with Crippen molar-refractivity contribution in [1.29, 1.82) is 0 Å². The second kappa shape index (κ2) is 11.0. The summed E-state index contributed by atoms with van der Waals surface area (Å²) in [5.41, 5.74) is -3.44. The predicted molar refractivity (Wildman–Crippen MR) is 118 cm³/mol. The van der Waals surface area contributed by atoms with Crippen LogP contribution >= 0.6 is 24.0 Å². The van der Waals surface area contributed by atoms with Gasteiger partial charge in [0, 0.05) is 43.7 Å². The highest BCUT2D eigenvalue weighted by molar-refractivity contribution is 14.0. The maximum atomic E-state index is 12.7. The molecule has 2 rings (SSSR count). The average Bonchev–Trinajstić information content (AvgIpc) is 2.97. The van der Waals surface area contributed by atoms with Gasteiger partial charge in [0.15, 0.2) is 5.96 Å². The van der Waals surface area contributed by atoms with E-state index in [0.717, 1.165) is 17.0 Å². The molecule has 174 valence electrons. The Kier molecular flexibility index (Phi) is 9.86. The van der Waals surface area contributed by atoms with Crippen LogP contribution in [0.1, 0.15) is 49.6 Å². The molecule has 0 bridgehead atoms. The Balaban J connectivity index is 0.00000450. The molecule has 2 N–H and O–H groups in total. The SMILES string of the molecule is CCNC(=NCC(C)c1c(C)noc1C)NC1CCN(S(=O)(=O)C(F)(F)F)CC1.I. The first-order valence-electron chi connectivity index (χ1n) is 9.51. The molecule has 0 radical (unpaired) electrons. The molecule has 1 fully saturated rings. The van der Waals surface area contributed by atoms with E-state index in [0.29, 0.717) is 23.4 Å². The highest BCUT2D eigenvalue weighted by Gasteiger charge is 2.50. The number of hydrogen-bond donors (Lipinski definition) is 2. The molecular formula is C17H29F3IN5O3S. The maximum absolute atomic E-state index is 12.7. The zero-order chi connectivity index (χ0) is 21.8. The van der Waals surface area contributed by atoms with Crippen LogP contribution in [0.2, 0.25) is 0 Å². The third kappa shape index (κ3) is 6.45. The molecule has 1 atom stereocenters. The number of alkyl halides is 3. The van der Waals surface area contributed by atoms with Gasteiger partial charge in [-0.2, -0.15) is 17.5 Å². The van der Waals surface area contributed by atoms with E-state index in [9.17, 15) is 21.6 Å². The van der Waals surface area contributed by atoms with Crippen LogP contribution in [0.25, 0.3) is 0 Å². The van der Waals surface area contributed by atoms with E-state index in [-0.39, 0.29) is 61.9 Å². The number of halogens is 4. The van der Waals surface area contributed by atoms with Crippen molar-refractivity contribution in [2.45, 2.75) is 58.0 Å². The first kappa shape index (κ1) is 26.9. The number of aliphatic imine (C=N–C) groups is 1. The Labute approximate surface area is 192 Å². The van der Waals surface area contributed by atoms with Crippen LogP contribution in [-0.2, 0) is 10.0 Å². The summed E-state index contributed by atoms with van der Waals surface area (Å²) in [6, 6.07) is -0.165. The summed E-state index contributed by atoms with van der Waals surface area (Å²) in [4.78, 5) is 4.57. The zero-order valence-electron chi connectivity index (χ0n) is 17.4. The van der Waals surface area contributed by atoms with E-state index >= 15 is 0 Å². The van der Waals surface area contributed by atoms with Gasteiger partial charge in [-0.15, -0.1) is 24.0 Å². The van der Waals surface area contributed by atoms with Crippen molar-refractivity contribution in [3.63, 3.8) is 0 Å². The summed E-state index contributed by atoms with van der Waals surface area (Å²) in [5, 5.41) is 10.3. The number of guanidine groups is 1. The second-order valence-corrected chi connectivity index (χ2v) is 9.06. The predicted octanol–water partition coefficient (Wildman–Crippen LogP) is 2.88. The smallest absolute Gasteiger partial charge is 0.361 e. The number of sulfonamides is 1. The highest BCUT2D eigenvalue weighted by atomic mass is 127. The molecule has 0 aromatic carbocycles.